The molecule has 0 radical (unpaired) electrons. The summed E-state index contributed by atoms with van der Waals surface area (Å²) in [6.45, 7) is 5.05. The lowest BCUT2D eigenvalue weighted by molar-refractivity contribution is 0.0734. The highest BCUT2D eigenvalue weighted by molar-refractivity contribution is 6.42. The summed E-state index contributed by atoms with van der Waals surface area (Å²) in [7, 11) is 0. The molecule has 2 aromatic heterocycles. The van der Waals surface area contributed by atoms with E-state index < -0.39 is 0 Å². The van der Waals surface area contributed by atoms with E-state index >= 15 is 0 Å². The van der Waals surface area contributed by atoms with Gasteiger partial charge in [0.25, 0.3) is 5.91 Å². The number of pyridine rings is 2. The lowest BCUT2D eigenvalue weighted by atomic mass is 10.0. The standard InChI is InChI=1S/C25H26N6O2/c1-17-8-9-22(14-27-17)29-23(18(2)30-26)16-33-24-12-20-10-11-31(15-21(20)13-28-24)25(32)19-6-4-3-5-7-19/h3-9,12-14H,10-11,15-16,26H2,1-2H3/b29-23?,30-18-. The number of benzene rings is 1. The highest BCUT2D eigenvalue weighted by Gasteiger charge is 2.22. The topological polar surface area (TPSA) is 106 Å². The van der Waals surface area contributed by atoms with Crippen molar-refractivity contribution < 1.29 is 9.53 Å². The third kappa shape index (κ3) is 5.41. The van der Waals surface area contributed by atoms with Gasteiger partial charge in [0.1, 0.15) is 12.3 Å². The second kappa shape index (κ2) is 10.0. The van der Waals surface area contributed by atoms with Gasteiger partial charge in [0, 0.05) is 36.6 Å². The molecule has 0 spiro atoms. The van der Waals surface area contributed by atoms with Crippen LogP contribution in [0.4, 0.5) is 5.69 Å². The number of carbonyl (C=O) groups is 1. The van der Waals surface area contributed by atoms with Gasteiger partial charge in [-0.25, -0.2) is 9.98 Å². The van der Waals surface area contributed by atoms with E-state index in [0.29, 0.717) is 41.6 Å². The van der Waals surface area contributed by atoms with Crippen LogP contribution in [0.2, 0.25) is 0 Å². The molecular weight excluding hydrogens is 416 g/mol. The molecule has 1 amide bonds. The van der Waals surface area contributed by atoms with E-state index in [4.69, 9.17) is 10.6 Å². The molecule has 4 rings (SSSR count). The van der Waals surface area contributed by atoms with E-state index in [2.05, 4.69) is 20.1 Å². The fourth-order valence-electron chi connectivity index (χ4n) is 3.55. The SMILES string of the molecule is C/C(=N/N)C(COc1cc2c(cn1)CN(C(=O)c1ccccc1)CC2)=Nc1ccc(C)nc1. The molecule has 3 aromatic rings. The zero-order valence-electron chi connectivity index (χ0n) is 18.7. The predicted molar refractivity (Wildman–Crippen MR) is 128 cm³/mol. The summed E-state index contributed by atoms with van der Waals surface area (Å²) >= 11 is 0. The average Bonchev–Trinajstić information content (AvgIpc) is 2.86. The van der Waals surface area contributed by atoms with Crippen LogP contribution in [0.3, 0.4) is 0 Å². The summed E-state index contributed by atoms with van der Waals surface area (Å²) < 4.78 is 5.92. The van der Waals surface area contributed by atoms with Crippen LogP contribution < -0.4 is 10.6 Å². The van der Waals surface area contributed by atoms with Gasteiger partial charge in [-0.3, -0.25) is 9.78 Å². The number of rotatable bonds is 6. The average molecular weight is 443 g/mol. The fraction of sp³-hybridized carbons (Fsp3) is 0.240. The number of hydrazone groups is 1. The van der Waals surface area contributed by atoms with Crippen LogP contribution in [0.15, 0.2) is 71.0 Å². The van der Waals surface area contributed by atoms with Crippen molar-refractivity contribution in [3.05, 3.63) is 83.3 Å². The summed E-state index contributed by atoms with van der Waals surface area (Å²) in [6, 6.07) is 15.0. The van der Waals surface area contributed by atoms with Crippen molar-refractivity contribution in [1.82, 2.24) is 14.9 Å². The normalized spacial score (nSPS) is 14.1. The Morgan fingerprint density at radius 2 is 1.94 bits per heavy atom. The van der Waals surface area contributed by atoms with Gasteiger partial charge in [-0.05, 0) is 55.7 Å². The monoisotopic (exact) mass is 442 g/mol. The Morgan fingerprint density at radius 1 is 1.12 bits per heavy atom. The number of aromatic nitrogens is 2. The number of carbonyl (C=O) groups excluding carboxylic acids is 1. The first kappa shape index (κ1) is 22.1. The van der Waals surface area contributed by atoms with E-state index in [0.717, 1.165) is 23.2 Å². The number of hydrogen-bond acceptors (Lipinski definition) is 7. The summed E-state index contributed by atoms with van der Waals surface area (Å²) in [6.07, 6.45) is 4.21. The number of amides is 1. The van der Waals surface area contributed by atoms with Crippen molar-refractivity contribution in [2.45, 2.75) is 26.8 Å². The van der Waals surface area contributed by atoms with Gasteiger partial charge < -0.3 is 15.5 Å². The molecule has 1 aromatic carbocycles. The highest BCUT2D eigenvalue weighted by atomic mass is 16.5. The first-order valence-corrected chi connectivity index (χ1v) is 10.7. The molecule has 0 atom stereocenters. The van der Waals surface area contributed by atoms with Crippen molar-refractivity contribution in [3.8, 4) is 5.88 Å². The largest absolute Gasteiger partial charge is 0.471 e. The molecule has 0 saturated heterocycles. The number of hydrogen-bond donors (Lipinski definition) is 1. The van der Waals surface area contributed by atoms with Gasteiger partial charge in [-0.2, -0.15) is 5.10 Å². The van der Waals surface area contributed by atoms with Crippen molar-refractivity contribution in [2.75, 3.05) is 13.2 Å². The Morgan fingerprint density at radius 3 is 2.67 bits per heavy atom. The highest BCUT2D eigenvalue weighted by Crippen LogP contribution is 2.23. The molecule has 2 N–H and O–H groups in total. The Labute approximate surface area is 192 Å². The first-order chi connectivity index (χ1) is 16.0. The molecule has 1 aliphatic rings. The van der Waals surface area contributed by atoms with Gasteiger partial charge in [0.15, 0.2) is 0 Å². The van der Waals surface area contributed by atoms with Gasteiger partial charge in [0.05, 0.1) is 17.6 Å². The minimum absolute atomic E-state index is 0.0320. The van der Waals surface area contributed by atoms with Crippen molar-refractivity contribution in [1.29, 1.82) is 0 Å². The maximum absolute atomic E-state index is 12.8. The molecule has 0 bridgehead atoms. The zero-order valence-corrected chi connectivity index (χ0v) is 18.7. The van der Waals surface area contributed by atoms with E-state index in [-0.39, 0.29) is 12.5 Å². The van der Waals surface area contributed by atoms with Crippen LogP contribution in [-0.4, -0.2) is 45.4 Å². The molecule has 3 heterocycles. The smallest absolute Gasteiger partial charge is 0.254 e. The predicted octanol–water partition coefficient (Wildman–Crippen LogP) is 3.47. The van der Waals surface area contributed by atoms with Crippen LogP contribution in [0.25, 0.3) is 0 Å². The molecule has 8 heteroatoms. The molecule has 0 saturated carbocycles. The fourth-order valence-corrected chi connectivity index (χ4v) is 3.55. The number of nitrogens with zero attached hydrogens (tertiary/aromatic N) is 5. The van der Waals surface area contributed by atoms with Gasteiger partial charge in [-0.15, -0.1) is 0 Å². The van der Waals surface area contributed by atoms with Gasteiger partial charge in [0.2, 0.25) is 5.88 Å². The quantitative estimate of drug-likeness (QED) is 0.357. The second-order valence-corrected chi connectivity index (χ2v) is 7.85. The van der Waals surface area contributed by atoms with Crippen molar-refractivity contribution in [2.24, 2.45) is 15.9 Å². The summed E-state index contributed by atoms with van der Waals surface area (Å²) in [4.78, 5) is 27.9. The van der Waals surface area contributed by atoms with E-state index in [1.807, 2.05) is 60.4 Å². The van der Waals surface area contributed by atoms with E-state index in [1.165, 1.54) is 0 Å². The molecule has 1 aliphatic heterocycles. The minimum Gasteiger partial charge on any atom is -0.471 e. The van der Waals surface area contributed by atoms with Crippen LogP contribution in [0.5, 0.6) is 5.88 Å². The van der Waals surface area contributed by atoms with Crippen LogP contribution in [0, 0.1) is 6.92 Å². The molecule has 8 nitrogen and oxygen atoms in total. The summed E-state index contributed by atoms with van der Waals surface area (Å²) in [5.74, 6) is 6.01. The Kier molecular flexibility index (Phi) is 6.73. The summed E-state index contributed by atoms with van der Waals surface area (Å²) in [5.41, 5.74) is 5.63. The first-order valence-electron chi connectivity index (χ1n) is 10.7. The molecule has 33 heavy (non-hydrogen) atoms. The van der Waals surface area contributed by atoms with Gasteiger partial charge in [-0.1, -0.05) is 18.2 Å². The van der Waals surface area contributed by atoms with E-state index in [1.54, 1.807) is 19.3 Å². The third-order valence-electron chi connectivity index (χ3n) is 5.51. The molecule has 0 fully saturated rings. The summed E-state index contributed by atoms with van der Waals surface area (Å²) in [5, 5.41) is 3.76. The molecule has 0 aliphatic carbocycles. The number of ether oxygens (including phenoxy) is 1. The number of fused-ring (bicyclic) bond motifs is 1. The van der Waals surface area contributed by atoms with E-state index in [9.17, 15) is 4.79 Å². The molecule has 0 unspecified atom stereocenters. The minimum atomic E-state index is 0.0320. The Bertz CT molecular complexity index is 1190. The molecule has 168 valence electrons. The maximum atomic E-state index is 12.8. The lowest BCUT2D eigenvalue weighted by Gasteiger charge is -2.29. The lowest BCUT2D eigenvalue weighted by Crippen LogP contribution is -2.36. The molecular formula is C25H26N6O2. The Balaban J connectivity index is 1.45. The van der Waals surface area contributed by atoms with Crippen LogP contribution in [-0.2, 0) is 13.0 Å². The van der Waals surface area contributed by atoms with Gasteiger partial charge >= 0.3 is 0 Å². The number of nitrogens with two attached hydrogens (primary N) is 1. The van der Waals surface area contributed by atoms with Crippen LogP contribution in [0.1, 0.15) is 34.1 Å². The van der Waals surface area contributed by atoms with Crippen LogP contribution >= 0.6 is 0 Å². The number of aryl methyl sites for hydroxylation is 1. The number of aliphatic imine (C=N–C) groups is 1. The maximum Gasteiger partial charge on any atom is 0.254 e. The third-order valence-corrected chi connectivity index (χ3v) is 5.51. The van der Waals surface area contributed by atoms with Crippen molar-refractivity contribution in [3.63, 3.8) is 0 Å². The Hall–Kier alpha value is -4.07. The van der Waals surface area contributed by atoms with Crippen molar-refractivity contribution >= 4 is 23.0 Å². The second-order valence-electron chi connectivity index (χ2n) is 7.85. The zero-order chi connectivity index (χ0) is 23.2.